The molecule has 4 nitrogen and oxygen atoms in total. The number of anilines is 1. The number of aromatic nitrogens is 2. The zero-order chi connectivity index (χ0) is 13.0. The fraction of sp³-hybridized carbons (Fsp3) is 0.214. The molecule has 0 atom stereocenters. The fourth-order valence-corrected chi connectivity index (χ4v) is 1.60. The first kappa shape index (κ1) is 12.2. The number of hydrogen-bond acceptors (Lipinski definition) is 3. The van der Waals surface area contributed by atoms with Crippen molar-refractivity contribution in [2.75, 3.05) is 11.9 Å². The van der Waals surface area contributed by atoms with Gasteiger partial charge < -0.3 is 4.90 Å². The van der Waals surface area contributed by atoms with E-state index in [1.54, 1.807) is 24.3 Å². The zero-order valence-corrected chi connectivity index (χ0v) is 10.5. The Morgan fingerprint density at radius 3 is 2.39 bits per heavy atom. The fourth-order valence-electron chi connectivity index (χ4n) is 1.60. The lowest BCUT2D eigenvalue weighted by Crippen LogP contribution is -2.27. The van der Waals surface area contributed by atoms with E-state index in [1.165, 1.54) is 0 Å². The predicted molar refractivity (Wildman–Crippen MR) is 70.3 cm³/mol. The van der Waals surface area contributed by atoms with Crippen molar-refractivity contribution in [3.8, 4) is 0 Å². The summed E-state index contributed by atoms with van der Waals surface area (Å²) in [5, 5.41) is 0. The third-order valence-corrected chi connectivity index (χ3v) is 2.71. The first-order valence-corrected chi connectivity index (χ1v) is 5.76. The van der Waals surface area contributed by atoms with Crippen LogP contribution in [-0.4, -0.2) is 22.9 Å². The van der Waals surface area contributed by atoms with E-state index < -0.39 is 0 Å². The largest absolute Gasteiger partial charge is 0.315 e. The van der Waals surface area contributed by atoms with Crippen LogP contribution in [-0.2, 0) is 11.2 Å². The first-order valence-electron chi connectivity index (χ1n) is 5.76. The number of nitrogens with zero attached hydrogens (tertiary/aromatic N) is 3. The molecule has 0 bridgehead atoms. The predicted octanol–water partition coefficient (Wildman–Crippen LogP) is 1.99. The van der Waals surface area contributed by atoms with Gasteiger partial charge in [0, 0.05) is 25.1 Å². The molecule has 0 saturated carbocycles. The molecule has 1 aromatic heterocycles. The van der Waals surface area contributed by atoms with Crippen LogP contribution in [0.25, 0.3) is 0 Å². The van der Waals surface area contributed by atoms with E-state index in [0.717, 1.165) is 11.3 Å². The third kappa shape index (κ3) is 2.91. The average molecular weight is 241 g/mol. The second-order valence-corrected chi connectivity index (χ2v) is 4.10. The molecule has 1 amide bonds. The second kappa shape index (κ2) is 5.40. The molecule has 0 N–H and O–H groups in total. The molecule has 0 fully saturated rings. The standard InChI is InChI=1S/C14H15N3O/c1-11-15-9-12(10-16-11)8-14(18)17(2)13-6-4-3-5-7-13/h3-7,9-10H,8H2,1-2H3. The summed E-state index contributed by atoms with van der Waals surface area (Å²) < 4.78 is 0. The number of para-hydroxylation sites is 1. The van der Waals surface area contributed by atoms with E-state index in [-0.39, 0.29) is 5.91 Å². The van der Waals surface area contributed by atoms with E-state index in [2.05, 4.69) is 9.97 Å². The summed E-state index contributed by atoms with van der Waals surface area (Å²) in [6.45, 7) is 1.82. The van der Waals surface area contributed by atoms with E-state index in [1.807, 2.05) is 37.3 Å². The van der Waals surface area contributed by atoms with Crippen molar-refractivity contribution < 1.29 is 4.79 Å². The van der Waals surface area contributed by atoms with Gasteiger partial charge in [-0.1, -0.05) is 18.2 Å². The Morgan fingerprint density at radius 1 is 1.17 bits per heavy atom. The number of carbonyl (C=O) groups excluding carboxylic acids is 1. The van der Waals surface area contributed by atoms with Gasteiger partial charge in [0.05, 0.1) is 6.42 Å². The molecular formula is C14H15N3O. The summed E-state index contributed by atoms with van der Waals surface area (Å²) in [5.41, 5.74) is 1.71. The van der Waals surface area contributed by atoms with Crippen LogP contribution in [0.4, 0.5) is 5.69 Å². The molecule has 1 aromatic carbocycles. The van der Waals surface area contributed by atoms with Gasteiger partial charge in [0.2, 0.25) is 5.91 Å². The van der Waals surface area contributed by atoms with Gasteiger partial charge >= 0.3 is 0 Å². The minimum absolute atomic E-state index is 0.0219. The smallest absolute Gasteiger partial charge is 0.231 e. The number of hydrogen-bond donors (Lipinski definition) is 0. The highest BCUT2D eigenvalue weighted by molar-refractivity contribution is 5.94. The minimum Gasteiger partial charge on any atom is -0.315 e. The Kier molecular flexibility index (Phi) is 3.67. The SMILES string of the molecule is Cc1ncc(CC(=O)N(C)c2ccccc2)cn1. The Balaban J connectivity index is 2.06. The van der Waals surface area contributed by atoms with Crippen LogP contribution in [0.15, 0.2) is 42.7 Å². The quantitative estimate of drug-likeness (QED) is 0.825. The second-order valence-electron chi connectivity index (χ2n) is 4.10. The monoisotopic (exact) mass is 241 g/mol. The number of aryl methyl sites for hydroxylation is 1. The topological polar surface area (TPSA) is 46.1 Å². The average Bonchev–Trinajstić information content (AvgIpc) is 2.41. The molecule has 0 saturated heterocycles. The normalized spacial score (nSPS) is 10.1. The van der Waals surface area contributed by atoms with Crippen LogP contribution in [0.3, 0.4) is 0 Å². The minimum atomic E-state index is 0.0219. The van der Waals surface area contributed by atoms with Crippen LogP contribution in [0.5, 0.6) is 0 Å². The van der Waals surface area contributed by atoms with E-state index in [4.69, 9.17) is 0 Å². The van der Waals surface area contributed by atoms with Crippen molar-refractivity contribution in [2.24, 2.45) is 0 Å². The van der Waals surface area contributed by atoms with Crippen molar-refractivity contribution in [1.82, 2.24) is 9.97 Å². The molecular weight excluding hydrogens is 226 g/mol. The molecule has 0 aliphatic heterocycles. The summed E-state index contributed by atoms with van der Waals surface area (Å²) in [6, 6.07) is 9.56. The molecule has 2 rings (SSSR count). The van der Waals surface area contributed by atoms with E-state index in [0.29, 0.717) is 12.2 Å². The van der Waals surface area contributed by atoms with Gasteiger partial charge in [-0.3, -0.25) is 4.79 Å². The molecule has 4 heteroatoms. The lowest BCUT2D eigenvalue weighted by atomic mass is 10.2. The third-order valence-electron chi connectivity index (χ3n) is 2.71. The van der Waals surface area contributed by atoms with Gasteiger partial charge in [-0.05, 0) is 24.6 Å². The zero-order valence-electron chi connectivity index (χ0n) is 10.5. The Morgan fingerprint density at radius 2 is 1.78 bits per heavy atom. The van der Waals surface area contributed by atoms with E-state index >= 15 is 0 Å². The Labute approximate surface area is 106 Å². The van der Waals surface area contributed by atoms with Crippen molar-refractivity contribution >= 4 is 11.6 Å². The lowest BCUT2D eigenvalue weighted by molar-refractivity contribution is -0.117. The lowest BCUT2D eigenvalue weighted by Gasteiger charge is -2.17. The van der Waals surface area contributed by atoms with Gasteiger partial charge in [0.25, 0.3) is 0 Å². The highest BCUT2D eigenvalue weighted by Crippen LogP contribution is 2.12. The Bertz CT molecular complexity index is 522. The summed E-state index contributed by atoms with van der Waals surface area (Å²) in [4.78, 5) is 21.9. The van der Waals surface area contributed by atoms with E-state index in [9.17, 15) is 4.79 Å². The number of rotatable bonds is 3. The van der Waals surface area contributed by atoms with Crippen LogP contribution >= 0.6 is 0 Å². The van der Waals surface area contributed by atoms with Crippen molar-refractivity contribution in [3.63, 3.8) is 0 Å². The van der Waals surface area contributed by atoms with Gasteiger partial charge in [-0.25, -0.2) is 9.97 Å². The first-order chi connectivity index (χ1) is 8.66. The summed E-state index contributed by atoms with van der Waals surface area (Å²) in [6.07, 6.45) is 3.70. The van der Waals surface area contributed by atoms with Crippen LogP contribution < -0.4 is 4.90 Å². The number of carbonyl (C=O) groups is 1. The molecule has 0 aliphatic rings. The molecule has 18 heavy (non-hydrogen) atoms. The number of amides is 1. The summed E-state index contributed by atoms with van der Waals surface area (Å²) in [5.74, 6) is 0.733. The highest BCUT2D eigenvalue weighted by Gasteiger charge is 2.11. The highest BCUT2D eigenvalue weighted by atomic mass is 16.2. The maximum atomic E-state index is 12.1. The van der Waals surface area contributed by atoms with Crippen molar-refractivity contribution in [2.45, 2.75) is 13.3 Å². The molecule has 1 heterocycles. The van der Waals surface area contributed by atoms with Crippen LogP contribution in [0.2, 0.25) is 0 Å². The van der Waals surface area contributed by atoms with Crippen LogP contribution in [0, 0.1) is 6.92 Å². The molecule has 92 valence electrons. The maximum Gasteiger partial charge on any atom is 0.231 e. The molecule has 0 unspecified atom stereocenters. The molecule has 0 aliphatic carbocycles. The summed E-state index contributed by atoms with van der Waals surface area (Å²) >= 11 is 0. The van der Waals surface area contributed by atoms with Gasteiger partial charge in [-0.2, -0.15) is 0 Å². The van der Waals surface area contributed by atoms with Gasteiger partial charge in [-0.15, -0.1) is 0 Å². The molecule has 0 radical (unpaired) electrons. The molecule has 0 spiro atoms. The Hall–Kier alpha value is -2.23. The van der Waals surface area contributed by atoms with Gasteiger partial charge in [0.15, 0.2) is 0 Å². The molecule has 2 aromatic rings. The van der Waals surface area contributed by atoms with Gasteiger partial charge in [0.1, 0.15) is 5.82 Å². The summed E-state index contributed by atoms with van der Waals surface area (Å²) in [7, 11) is 1.77. The van der Waals surface area contributed by atoms with Crippen LogP contribution in [0.1, 0.15) is 11.4 Å². The van der Waals surface area contributed by atoms with Crippen molar-refractivity contribution in [3.05, 3.63) is 54.1 Å². The van der Waals surface area contributed by atoms with Crippen molar-refractivity contribution in [1.29, 1.82) is 0 Å². The number of likely N-dealkylation sites (N-methyl/N-ethyl adjacent to an activating group) is 1. The maximum absolute atomic E-state index is 12.1. The number of benzene rings is 1.